The normalized spacial score (nSPS) is 27.9. The van der Waals surface area contributed by atoms with Crippen LogP contribution >= 0.6 is 0 Å². The number of hydrogen-bond acceptors (Lipinski definition) is 3. The lowest BCUT2D eigenvalue weighted by Gasteiger charge is -2.18. The van der Waals surface area contributed by atoms with E-state index in [1.165, 1.54) is 0 Å². The van der Waals surface area contributed by atoms with Crippen LogP contribution in [0.1, 0.15) is 25.7 Å². The summed E-state index contributed by atoms with van der Waals surface area (Å²) in [6, 6.07) is 0. The van der Waals surface area contributed by atoms with Crippen LogP contribution in [-0.2, 0) is 9.53 Å². The Hall–Kier alpha value is -0.830. The number of rotatable bonds is 1. The Kier molecular flexibility index (Phi) is 2.35. The second kappa shape index (κ2) is 3.39. The van der Waals surface area contributed by atoms with Gasteiger partial charge in [-0.1, -0.05) is 0 Å². The summed E-state index contributed by atoms with van der Waals surface area (Å²) in [5.74, 6) is 0.226. The SMILES string of the molecule is CN(C)/C=C1/COC2(CCCC2)C1=O. The van der Waals surface area contributed by atoms with Gasteiger partial charge in [-0.25, -0.2) is 0 Å². The maximum absolute atomic E-state index is 12.0. The number of carbonyl (C=O) groups excluding carboxylic acids is 1. The van der Waals surface area contributed by atoms with Gasteiger partial charge in [-0.15, -0.1) is 0 Å². The summed E-state index contributed by atoms with van der Waals surface area (Å²) in [6.07, 6.45) is 5.96. The summed E-state index contributed by atoms with van der Waals surface area (Å²) in [4.78, 5) is 14.0. The van der Waals surface area contributed by atoms with E-state index in [1.54, 1.807) is 0 Å². The number of ether oxygens (including phenoxy) is 1. The van der Waals surface area contributed by atoms with E-state index >= 15 is 0 Å². The molecule has 0 atom stereocenters. The average molecular weight is 195 g/mol. The first-order valence-electron chi connectivity index (χ1n) is 5.20. The van der Waals surface area contributed by atoms with Crippen LogP contribution in [0.4, 0.5) is 0 Å². The van der Waals surface area contributed by atoms with Crippen molar-refractivity contribution in [3.63, 3.8) is 0 Å². The second-order valence-corrected chi connectivity index (χ2v) is 4.44. The minimum absolute atomic E-state index is 0.226. The van der Waals surface area contributed by atoms with Gasteiger partial charge in [-0.2, -0.15) is 0 Å². The van der Waals surface area contributed by atoms with Crippen molar-refractivity contribution in [1.82, 2.24) is 4.90 Å². The van der Waals surface area contributed by atoms with Gasteiger partial charge in [0.25, 0.3) is 0 Å². The van der Waals surface area contributed by atoms with Gasteiger partial charge in [0.1, 0.15) is 5.60 Å². The number of carbonyl (C=O) groups is 1. The van der Waals surface area contributed by atoms with E-state index < -0.39 is 5.60 Å². The smallest absolute Gasteiger partial charge is 0.194 e. The van der Waals surface area contributed by atoms with Crippen molar-refractivity contribution < 1.29 is 9.53 Å². The van der Waals surface area contributed by atoms with Gasteiger partial charge in [0, 0.05) is 25.9 Å². The lowest BCUT2D eigenvalue weighted by molar-refractivity contribution is -0.129. The van der Waals surface area contributed by atoms with E-state index in [2.05, 4.69) is 0 Å². The van der Waals surface area contributed by atoms with E-state index in [1.807, 2.05) is 25.2 Å². The predicted octanol–water partition coefficient (Wildman–Crippen LogP) is 1.34. The lowest BCUT2D eigenvalue weighted by atomic mass is 9.95. The van der Waals surface area contributed by atoms with Crippen molar-refractivity contribution >= 4 is 5.78 Å². The predicted molar refractivity (Wildman–Crippen MR) is 53.9 cm³/mol. The van der Waals surface area contributed by atoms with Crippen LogP contribution in [-0.4, -0.2) is 37.0 Å². The van der Waals surface area contributed by atoms with Crippen LogP contribution < -0.4 is 0 Å². The van der Waals surface area contributed by atoms with Crippen LogP contribution in [0.5, 0.6) is 0 Å². The average Bonchev–Trinajstić information content (AvgIpc) is 2.69. The van der Waals surface area contributed by atoms with Crippen molar-refractivity contribution in [2.45, 2.75) is 31.3 Å². The zero-order valence-corrected chi connectivity index (χ0v) is 8.88. The van der Waals surface area contributed by atoms with E-state index in [0.717, 1.165) is 31.3 Å². The fourth-order valence-electron chi connectivity index (χ4n) is 2.36. The van der Waals surface area contributed by atoms with E-state index in [4.69, 9.17) is 4.74 Å². The number of hydrogen-bond donors (Lipinski definition) is 0. The molecule has 0 aromatic rings. The maximum atomic E-state index is 12.0. The van der Waals surface area contributed by atoms with Crippen molar-refractivity contribution in [3.05, 3.63) is 11.8 Å². The van der Waals surface area contributed by atoms with E-state index in [0.29, 0.717) is 6.61 Å². The fraction of sp³-hybridized carbons (Fsp3) is 0.727. The molecular formula is C11H17NO2. The maximum Gasteiger partial charge on any atom is 0.194 e. The molecule has 3 heteroatoms. The number of Topliss-reactive ketones (excluding diaryl/α,β-unsaturated/α-hetero) is 1. The third kappa shape index (κ3) is 1.46. The summed E-state index contributed by atoms with van der Waals surface area (Å²) < 4.78 is 5.68. The molecule has 14 heavy (non-hydrogen) atoms. The summed E-state index contributed by atoms with van der Waals surface area (Å²) in [5.41, 5.74) is 0.402. The van der Waals surface area contributed by atoms with Gasteiger partial charge < -0.3 is 9.64 Å². The quantitative estimate of drug-likeness (QED) is 0.591. The molecule has 0 aromatic carbocycles. The van der Waals surface area contributed by atoms with Crippen molar-refractivity contribution in [1.29, 1.82) is 0 Å². The zero-order valence-electron chi connectivity index (χ0n) is 8.88. The molecule has 2 fully saturated rings. The third-order valence-electron chi connectivity index (χ3n) is 3.03. The minimum atomic E-state index is -0.429. The van der Waals surface area contributed by atoms with Gasteiger partial charge >= 0.3 is 0 Å². The first-order chi connectivity index (χ1) is 6.64. The highest BCUT2D eigenvalue weighted by molar-refractivity contribution is 6.04. The molecule has 2 rings (SSSR count). The Morgan fingerprint density at radius 3 is 2.57 bits per heavy atom. The Bertz CT molecular complexity index is 275. The first kappa shape index (κ1) is 9.71. The summed E-state index contributed by atoms with van der Waals surface area (Å²) in [6.45, 7) is 0.497. The highest BCUT2D eigenvalue weighted by atomic mass is 16.5. The monoisotopic (exact) mass is 195 g/mol. The molecule has 1 heterocycles. The summed E-state index contributed by atoms with van der Waals surface area (Å²) >= 11 is 0. The summed E-state index contributed by atoms with van der Waals surface area (Å²) in [5, 5.41) is 0. The van der Waals surface area contributed by atoms with Gasteiger partial charge in [-0.05, 0) is 25.7 Å². The van der Waals surface area contributed by atoms with Crippen LogP contribution in [0, 0.1) is 0 Å². The van der Waals surface area contributed by atoms with Crippen LogP contribution in [0.15, 0.2) is 11.8 Å². The molecule has 2 aliphatic rings. The van der Waals surface area contributed by atoms with Gasteiger partial charge in [-0.3, -0.25) is 4.79 Å². The molecule has 1 spiro atoms. The first-order valence-corrected chi connectivity index (χ1v) is 5.20. The fourth-order valence-corrected chi connectivity index (χ4v) is 2.36. The second-order valence-electron chi connectivity index (χ2n) is 4.44. The van der Waals surface area contributed by atoms with Crippen LogP contribution in [0.25, 0.3) is 0 Å². The molecule has 0 bridgehead atoms. The van der Waals surface area contributed by atoms with Crippen LogP contribution in [0.3, 0.4) is 0 Å². The molecule has 78 valence electrons. The largest absolute Gasteiger partial charge is 0.383 e. The highest BCUT2D eigenvalue weighted by Crippen LogP contribution is 2.40. The Morgan fingerprint density at radius 2 is 2.00 bits per heavy atom. The van der Waals surface area contributed by atoms with Gasteiger partial charge in [0.15, 0.2) is 5.78 Å². The zero-order chi connectivity index (χ0) is 10.2. The standard InChI is InChI=1S/C11H17NO2/c1-12(2)7-9-8-14-11(10(9)13)5-3-4-6-11/h7H,3-6,8H2,1-2H3/b9-7-. The topological polar surface area (TPSA) is 29.5 Å². The Balaban J connectivity index is 2.18. The molecule has 0 aromatic heterocycles. The molecule has 0 amide bonds. The van der Waals surface area contributed by atoms with E-state index in [9.17, 15) is 4.79 Å². The number of nitrogens with zero attached hydrogens (tertiary/aromatic N) is 1. The Morgan fingerprint density at radius 1 is 1.36 bits per heavy atom. The number of ketones is 1. The van der Waals surface area contributed by atoms with Gasteiger partial charge in [0.05, 0.1) is 6.61 Å². The van der Waals surface area contributed by atoms with Crippen molar-refractivity contribution in [2.75, 3.05) is 20.7 Å². The van der Waals surface area contributed by atoms with Crippen molar-refractivity contribution in [2.24, 2.45) is 0 Å². The molecule has 3 nitrogen and oxygen atoms in total. The molecule has 1 saturated carbocycles. The Labute approximate surface area is 84.7 Å². The van der Waals surface area contributed by atoms with Crippen LogP contribution in [0.2, 0.25) is 0 Å². The highest BCUT2D eigenvalue weighted by Gasteiger charge is 2.48. The molecule has 0 unspecified atom stereocenters. The molecular weight excluding hydrogens is 178 g/mol. The minimum Gasteiger partial charge on any atom is -0.383 e. The van der Waals surface area contributed by atoms with Gasteiger partial charge in [0.2, 0.25) is 0 Å². The summed E-state index contributed by atoms with van der Waals surface area (Å²) in [7, 11) is 3.86. The third-order valence-corrected chi connectivity index (χ3v) is 3.03. The molecule has 0 radical (unpaired) electrons. The lowest BCUT2D eigenvalue weighted by Crippen LogP contribution is -2.32. The molecule has 1 aliphatic heterocycles. The van der Waals surface area contributed by atoms with Crippen molar-refractivity contribution in [3.8, 4) is 0 Å². The van der Waals surface area contributed by atoms with E-state index in [-0.39, 0.29) is 5.78 Å². The molecule has 1 saturated heterocycles. The molecule has 1 aliphatic carbocycles. The molecule has 0 N–H and O–H groups in total.